The van der Waals surface area contributed by atoms with Gasteiger partial charge < -0.3 is 9.47 Å². The first-order valence-electron chi connectivity index (χ1n) is 5.85. The van der Waals surface area contributed by atoms with Crippen molar-refractivity contribution in [2.75, 3.05) is 12.5 Å². The molecule has 2 heterocycles. The van der Waals surface area contributed by atoms with Crippen molar-refractivity contribution in [2.24, 2.45) is 5.14 Å². The highest BCUT2D eigenvalue weighted by Crippen LogP contribution is 2.51. The number of nitrogens with two attached hydrogens (primary N) is 1. The van der Waals surface area contributed by atoms with Crippen LogP contribution in [0.25, 0.3) is 0 Å². The van der Waals surface area contributed by atoms with Crippen molar-refractivity contribution in [1.82, 2.24) is 0 Å². The molecule has 0 amide bonds. The summed E-state index contributed by atoms with van der Waals surface area (Å²) in [6.45, 7) is 0. The molecular formula is C14H17NO2S. The molecule has 0 aliphatic carbocycles. The maximum absolute atomic E-state index is 6.42. The molecule has 0 bridgehead atoms. The summed E-state index contributed by atoms with van der Waals surface area (Å²) in [5, 5.41) is 6.42. The van der Waals surface area contributed by atoms with Gasteiger partial charge in [0.2, 0.25) is 0 Å². The fraction of sp³-hybridized carbons (Fsp3) is 0.286. The Morgan fingerprint density at radius 2 is 1.44 bits per heavy atom. The van der Waals surface area contributed by atoms with E-state index < -0.39 is 10.2 Å². The molecule has 4 heteroatoms. The average Bonchev–Trinajstić information content (AvgIpc) is 2.10. The Bertz CT molecular complexity index is 493. The molecule has 0 fully saturated rings. The van der Waals surface area contributed by atoms with Crippen LogP contribution in [0.3, 0.4) is 0 Å². The Morgan fingerprint density at radius 1 is 1.00 bits per heavy atom. The molecule has 2 N–H and O–H groups in total. The maximum Gasteiger partial charge on any atom is 0.145 e. The molecular weight excluding hydrogens is 246 g/mol. The van der Waals surface area contributed by atoms with Crippen molar-refractivity contribution >= 4 is 10.2 Å². The highest BCUT2D eigenvalue weighted by atomic mass is 32.3. The van der Waals surface area contributed by atoms with Crippen LogP contribution >= 0.6 is 10.2 Å². The zero-order valence-electron chi connectivity index (χ0n) is 10.5. The first-order chi connectivity index (χ1) is 8.57. The summed E-state index contributed by atoms with van der Waals surface area (Å²) >= 11 is 0. The molecule has 18 heavy (non-hydrogen) atoms. The van der Waals surface area contributed by atoms with Crippen molar-refractivity contribution < 1.29 is 9.47 Å². The summed E-state index contributed by atoms with van der Waals surface area (Å²) in [5.74, 6) is 0. The highest BCUT2D eigenvalue weighted by Gasteiger charge is 2.29. The molecule has 0 spiro atoms. The minimum Gasteiger partial charge on any atom is -0.489 e. The lowest BCUT2D eigenvalue weighted by molar-refractivity contribution is 0.131. The molecule has 1 aromatic rings. The summed E-state index contributed by atoms with van der Waals surface area (Å²) in [6, 6.07) is 6.23. The van der Waals surface area contributed by atoms with Gasteiger partial charge in [0.05, 0.1) is 12.5 Å². The van der Waals surface area contributed by atoms with Gasteiger partial charge in [0.15, 0.2) is 0 Å². The molecule has 2 aliphatic heterocycles. The largest absolute Gasteiger partial charge is 0.489 e. The first-order valence-corrected chi connectivity index (χ1v) is 8.37. The van der Waals surface area contributed by atoms with E-state index in [0.717, 1.165) is 0 Å². The number of hydrogen-bond acceptors (Lipinski definition) is 3. The molecule has 1 aromatic carbocycles. The lowest BCUT2D eigenvalue weighted by Crippen LogP contribution is -2.19. The van der Waals surface area contributed by atoms with Gasteiger partial charge in [0, 0.05) is 16.0 Å². The van der Waals surface area contributed by atoms with E-state index in [4.69, 9.17) is 14.6 Å². The molecule has 96 valence electrons. The Kier molecular flexibility index (Phi) is 2.64. The second-order valence-electron chi connectivity index (χ2n) is 4.94. The number of rotatable bonds is 3. The van der Waals surface area contributed by atoms with Crippen LogP contribution in [0.2, 0.25) is 0 Å². The topological polar surface area (TPSA) is 44.5 Å². The standard InChI is InChI=1S/C14H17NO2S/c1-18(2,15)14-10(12-6-8-16-12)4-3-5-11(14)13-7-9-17-13/h3-9,12-13H,15H2,1-2H3. The van der Waals surface area contributed by atoms with Crippen molar-refractivity contribution in [3.63, 3.8) is 0 Å². The van der Waals surface area contributed by atoms with Crippen LogP contribution in [0.4, 0.5) is 0 Å². The molecule has 3 rings (SSSR count). The van der Waals surface area contributed by atoms with E-state index in [1.165, 1.54) is 16.0 Å². The zero-order valence-corrected chi connectivity index (χ0v) is 11.3. The lowest BCUT2D eigenvalue weighted by Gasteiger charge is -2.36. The predicted molar refractivity (Wildman–Crippen MR) is 74.3 cm³/mol. The second kappa shape index (κ2) is 4.07. The molecule has 0 saturated heterocycles. The second-order valence-corrected chi connectivity index (χ2v) is 8.16. The van der Waals surface area contributed by atoms with Gasteiger partial charge in [-0.3, -0.25) is 5.14 Å². The van der Waals surface area contributed by atoms with E-state index in [1.54, 1.807) is 12.5 Å². The van der Waals surface area contributed by atoms with Crippen LogP contribution in [0.1, 0.15) is 23.3 Å². The fourth-order valence-electron chi connectivity index (χ4n) is 2.30. The number of benzene rings is 1. The summed E-state index contributed by atoms with van der Waals surface area (Å²) in [4.78, 5) is 1.20. The third-order valence-corrected chi connectivity index (χ3v) is 4.70. The molecule has 2 aliphatic rings. The summed E-state index contributed by atoms with van der Waals surface area (Å²) in [5.41, 5.74) is 2.34. The molecule has 0 aromatic heterocycles. The lowest BCUT2D eigenvalue weighted by atomic mass is 10.00. The van der Waals surface area contributed by atoms with Crippen LogP contribution < -0.4 is 5.14 Å². The monoisotopic (exact) mass is 263 g/mol. The third kappa shape index (κ3) is 1.82. The summed E-state index contributed by atoms with van der Waals surface area (Å²) in [6.07, 6.45) is 11.8. The van der Waals surface area contributed by atoms with E-state index in [-0.39, 0.29) is 12.2 Å². The minimum absolute atomic E-state index is 0.0410. The van der Waals surface area contributed by atoms with Gasteiger partial charge in [-0.05, 0) is 24.7 Å². The maximum atomic E-state index is 6.42. The smallest absolute Gasteiger partial charge is 0.145 e. The molecule has 3 nitrogen and oxygen atoms in total. The van der Waals surface area contributed by atoms with E-state index in [9.17, 15) is 0 Å². The number of ether oxygens (including phenoxy) is 2. The molecule has 0 saturated carbocycles. The van der Waals surface area contributed by atoms with E-state index in [2.05, 4.69) is 24.6 Å². The zero-order chi connectivity index (χ0) is 12.8. The van der Waals surface area contributed by atoms with Crippen LogP contribution in [-0.4, -0.2) is 12.5 Å². The van der Waals surface area contributed by atoms with Gasteiger partial charge in [-0.15, -0.1) is 0 Å². The summed E-state index contributed by atoms with van der Waals surface area (Å²) < 4.78 is 10.9. The molecule has 2 unspecified atom stereocenters. The average molecular weight is 263 g/mol. The van der Waals surface area contributed by atoms with E-state index in [0.29, 0.717) is 0 Å². The quantitative estimate of drug-likeness (QED) is 0.911. The predicted octanol–water partition coefficient (Wildman–Crippen LogP) is 3.15. The van der Waals surface area contributed by atoms with Gasteiger partial charge in [-0.25, -0.2) is 0 Å². The Morgan fingerprint density at radius 3 is 1.72 bits per heavy atom. The third-order valence-electron chi connectivity index (χ3n) is 3.17. The van der Waals surface area contributed by atoms with Crippen LogP contribution in [0.5, 0.6) is 0 Å². The van der Waals surface area contributed by atoms with Crippen LogP contribution in [-0.2, 0) is 9.47 Å². The van der Waals surface area contributed by atoms with E-state index >= 15 is 0 Å². The van der Waals surface area contributed by atoms with Gasteiger partial charge in [-0.2, -0.15) is 10.2 Å². The highest BCUT2D eigenvalue weighted by molar-refractivity contribution is 8.30. The Balaban J connectivity index is 2.13. The van der Waals surface area contributed by atoms with Crippen molar-refractivity contribution in [2.45, 2.75) is 17.1 Å². The SMILES string of the molecule is CS(C)(N)c1c(C2C=CO2)cccc1C1C=CO1. The van der Waals surface area contributed by atoms with Gasteiger partial charge in [-0.1, -0.05) is 18.2 Å². The Labute approximate surface area is 109 Å². The van der Waals surface area contributed by atoms with Crippen LogP contribution in [0.15, 0.2) is 47.8 Å². The first kappa shape index (κ1) is 11.7. The van der Waals surface area contributed by atoms with Crippen molar-refractivity contribution in [3.8, 4) is 0 Å². The Hall–Kier alpha value is -1.39. The summed E-state index contributed by atoms with van der Waals surface area (Å²) in [7, 11) is -1.33. The normalized spacial score (nSPS) is 25.7. The molecule has 2 atom stereocenters. The minimum atomic E-state index is -1.33. The van der Waals surface area contributed by atoms with Gasteiger partial charge in [0.1, 0.15) is 12.2 Å². The van der Waals surface area contributed by atoms with Crippen molar-refractivity contribution in [1.29, 1.82) is 0 Å². The van der Waals surface area contributed by atoms with Gasteiger partial charge in [0.25, 0.3) is 0 Å². The van der Waals surface area contributed by atoms with E-state index in [1.807, 2.05) is 18.2 Å². The molecule has 0 radical (unpaired) electrons. The van der Waals surface area contributed by atoms with Gasteiger partial charge >= 0.3 is 0 Å². The fourth-order valence-corrected chi connectivity index (χ4v) is 3.88. The van der Waals surface area contributed by atoms with Crippen molar-refractivity contribution in [3.05, 3.63) is 54.0 Å². The van der Waals surface area contributed by atoms with Crippen LogP contribution in [0, 0.1) is 0 Å². The number of hydrogen-bond donors (Lipinski definition) is 1.